The number of carboxylic acids is 1. The van der Waals surface area contributed by atoms with E-state index in [1.54, 1.807) is 23.8 Å². The lowest BCUT2D eigenvalue weighted by atomic mass is 10.1. The number of carboxylic acid groups (broad SMARTS) is 1. The molecule has 1 atom stereocenters. The monoisotopic (exact) mass is 438 g/mol. The topological polar surface area (TPSA) is 120 Å². The van der Waals surface area contributed by atoms with Crippen molar-refractivity contribution < 1.29 is 14.7 Å². The minimum atomic E-state index is -0.786. The molecule has 0 aromatic carbocycles. The number of carbonyl (C=O) groups is 2. The summed E-state index contributed by atoms with van der Waals surface area (Å²) in [6.07, 6.45) is 5.38. The Bertz CT molecular complexity index is 1060. The number of rotatable bonds is 7. The fourth-order valence-electron chi connectivity index (χ4n) is 3.60. The quantitative estimate of drug-likeness (QED) is 0.514. The highest BCUT2D eigenvalue weighted by Crippen LogP contribution is 2.25. The van der Waals surface area contributed by atoms with Gasteiger partial charge in [0.2, 0.25) is 0 Å². The van der Waals surface area contributed by atoms with E-state index in [1.807, 2.05) is 24.3 Å². The third-order valence-electron chi connectivity index (χ3n) is 5.00. The SMILES string of the molecule is O=C(O)CC1CCCN1Cc1cccc(NC(=O)Nc2csc(-c3ccncc3)n2)n1. The molecule has 3 aromatic heterocycles. The van der Waals surface area contributed by atoms with Crippen LogP contribution in [0.5, 0.6) is 0 Å². The molecule has 0 bridgehead atoms. The lowest BCUT2D eigenvalue weighted by Gasteiger charge is -2.22. The van der Waals surface area contributed by atoms with Crippen molar-refractivity contribution in [2.75, 3.05) is 17.2 Å². The number of likely N-dealkylation sites (tertiary alicyclic amines) is 1. The Morgan fingerprint density at radius 3 is 2.74 bits per heavy atom. The molecule has 3 aromatic rings. The predicted molar refractivity (Wildman–Crippen MR) is 118 cm³/mol. The average molecular weight is 439 g/mol. The van der Waals surface area contributed by atoms with Crippen molar-refractivity contribution in [2.45, 2.75) is 31.8 Å². The van der Waals surface area contributed by atoms with E-state index in [4.69, 9.17) is 5.11 Å². The first-order valence-corrected chi connectivity index (χ1v) is 10.8. The van der Waals surface area contributed by atoms with E-state index in [2.05, 4.69) is 30.5 Å². The second-order valence-corrected chi connectivity index (χ2v) is 8.09. The molecule has 0 saturated carbocycles. The summed E-state index contributed by atoms with van der Waals surface area (Å²) in [5, 5.41) is 17.1. The van der Waals surface area contributed by atoms with Crippen LogP contribution in [0.25, 0.3) is 10.6 Å². The van der Waals surface area contributed by atoms with Gasteiger partial charge in [0.25, 0.3) is 0 Å². The number of hydrogen-bond acceptors (Lipinski definition) is 7. The number of hydrogen-bond donors (Lipinski definition) is 3. The molecule has 0 radical (unpaired) electrons. The van der Waals surface area contributed by atoms with Crippen molar-refractivity contribution in [3.8, 4) is 10.6 Å². The molecule has 1 aliphatic rings. The zero-order chi connectivity index (χ0) is 21.6. The predicted octanol–water partition coefficient (Wildman–Crippen LogP) is 3.68. The minimum Gasteiger partial charge on any atom is -0.481 e. The smallest absolute Gasteiger partial charge is 0.326 e. The Morgan fingerprint density at radius 2 is 1.94 bits per heavy atom. The van der Waals surface area contributed by atoms with Gasteiger partial charge >= 0.3 is 12.0 Å². The van der Waals surface area contributed by atoms with Crippen molar-refractivity contribution in [3.63, 3.8) is 0 Å². The van der Waals surface area contributed by atoms with Crippen LogP contribution in [0.4, 0.5) is 16.4 Å². The van der Waals surface area contributed by atoms with Gasteiger partial charge in [-0.1, -0.05) is 6.07 Å². The van der Waals surface area contributed by atoms with Crippen LogP contribution in [0.15, 0.2) is 48.1 Å². The number of carbonyl (C=O) groups excluding carboxylic acids is 1. The normalized spacial score (nSPS) is 16.2. The highest BCUT2D eigenvalue weighted by atomic mass is 32.1. The molecule has 31 heavy (non-hydrogen) atoms. The van der Waals surface area contributed by atoms with Crippen LogP contribution in [0.1, 0.15) is 25.0 Å². The van der Waals surface area contributed by atoms with Gasteiger partial charge in [0.1, 0.15) is 16.6 Å². The molecule has 9 nitrogen and oxygen atoms in total. The zero-order valence-corrected chi connectivity index (χ0v) is 17.5. The molecule has 0 aliphatic carbocycles. The lowest BCUT2D eigenvalue weighted by Crippen LogP contribution is -2.31. The van der Waals surface area contributed by atoms with Crippen LogP contribution < -0.4 is 10.6 Å². The standard InChI is InChI=1S/C21H22N6O3S/c28-19(29)11-16-4-2-10-27(16)12-15-3-1-5-17(23-15)25-21(30)26-18-13-31-20(24-18)14-6-8-22-9-7-14/h1,3,5-9,13,16H,2,4,10-12H2,(H,28,29)(H2,23,25,26,30). The fraction of sp³-hybridized carbons (Fsp3) is 0.286. The Morgan fingerprint density at radius 1 is 1.13 bits per heavy atom. The molecule has 1 unspecified atom stereocenters. The Balaban J connectivity index is 1.35. The fourth-order valence-corrected chi connectivity index (χ4v) is 4.36. The van der Waals surface area contributed by atoms with E-state index < -0.39 is 12.0 Å². The second-order valence-electron chi connectivity index (χ2n) is 7.23. The van der Waals surface area contributed by atoms with E-state index in [9.17, 15) is 9.59 Å². The van der Waals surface area contributed by atoms with Crippen LogP contribution in [0, 0.1) is 0 Å². The first-order chi connectivity index (χ1) is 15.1. The van der Waals surface area contributed by atoms with Gasteiger partial charge in [0, 0.05) is 35.9 Å². The van der Waals surface area contributed by atoms with Crippen molar-refractivity contribution >= 4 is 35.0 Å². The van der Waals surface area contributed by atoms with Gasteiger partial charge in [0.05, 0.1) is 12.1 Å². The van der Waals surface area contributed by atoms with Crippen LogP contribution >= 0.6 is 11.3 Å². The van der Waals surface area contributed by atoms with Gasteiger partial charge in [-0.25, -0.2) is 14.8 Å². The van der Waals surface area contributed by atoms with Gasteiger partial charge in [-0.2, -0.15) is 0 Å². The lowest BCUT2D eigenvalue weighted by molar-refractivity contribution is -0.138. The Kier molecular flexibility index (Phi) is 6.48. The molecular weight excluding hydrogens is 416 g/mol. The maximum Gasteiger partial charge on any atom is 0.326 e. The van der Waals surface area contributed by atoms with Crippen LogP contribution in [-0.4, -0.2) is 49.5 Å². The molecule has 1 fully saturated rings. The number of anilines is 2. The van der Waals surface area contributed by atoms with Crippen molar-refractivity contribution in [3.05, 3.63) is 53.8 Å². The first-order valence-electron chi connectivity index (χ1n) is 9.92. The number of nitrogens with zero attached hydrogens (tertiary/aromatic N) is 4. The summed E-state index contributed by atoms with van der Waals surface area (Å²) in [6, 6.07) is 8.73. The molecule has 4 heterocycles. The Labute approximate surface area is 183 Å². The number of amides is 2. The maximum atomic E-state index is 12.4. The first kappa shape index (κ1) is 20.9. The van der Waals surface area contributed by atoms with E-state index in [0.717, 1.165) is 35.7 Å². The highest BCUT2D eigenvalue weighted by Gasteiger charge is 2.26. The minimum absolute atomic E-state index is 0.0264. The number of aromatic nitrogens is 3. The van der Waals surface area contributed by atoms with Crippen LogP contribution in [-0.2, 0) is 11.3 Å². The van der Waals surface area contributed by atoms with Crippen LogP contribution in [0.3, 0.4) is 0 Å². The molecule has 1 saturated heterocycles. The number of nitrogens with one attached hydrogen (secondary N) is 2. The zero-order valence-electron chi connectivity index (χ0n) is 16.7. The van der Waals surface area contributed by atoms with Gasteiger partial charge in [-0.05, 0) is 43.7 Å². The molecule has 1 aliphatic heterocycles. The summed E-state index contributed by atoms with van der Waals surface area (Å²) < 4.78 is 0. The summed E-state index contributed by atoms with van der Waals surface area (Å²) in [4.78, 5) is 38.5. The van der Waals surface area contributed by atoms with Gasteiger partial charge in [-0.15, -0.1) is 11.3 Å². The number of pyridine rings is 2. The molecule has 0 spiro atoms. The molecule has 160 valence electrons. The van der Waals surface area contributed by atoms with E-state index in [1.165, 1.54) is 11.3 Å². The largest absolute Gasteiger partial charge is 0.481 e. The highest BCUT2D eigenvalue weighted by molar-refractivity contribution is 7.13. The van der Waals surface area contributed by atoms with Crippen molar-refractivity contribution in [1.82, 2.24) is 19.9 Å². The summed E-state index contributed by atoms with van der Waals surface area (Å²) in [5.74, 6) is 0.0960. The Hall–Kier alpha value is -3.37. The molecule has 4 rings (SSSR count). The maximum absolute atomic E-state index is 12.4. The molecular formula is C21H22N6O3S. The van der Waals surface area contributed by atoms with E-state index in [-0.39, 0.29) is 12.5 Å². The third kappa shape index (κ3) is 5.62. The average Bonchev–Trinajstić information content (AvgIpc) is 3.38. The van der Waals surface area contributed by atoms with Gasteiger partial charge < -0.3 is 5.11 Å². The molecule has 3 N–H and O–H groups in total. The second kappa shape index (κ2) is 9.63. The van der Waals surface area contributed by atoms with Crippen LogP contribution in [0.2, 0.25) is 0 Å². The van der Waals surface area contributed by atoms with E-state index in [0.29, 0.717) is 18.2 Å². The third-order valence-corrected chi connectivity index (χ3v) is 5.89. The molecule has 2 amide bonds. The summed E-state index contributed by atoms with van der Waals surface area (Å²) in [5.41, 5.74) is 1.72. The number of thiazole rings is 1. The van der Waals surface area contributed by atoms with Gasteiger partial charge in [-0.3, -0.25) is 25.3 Å². The van der Waals surface area contributed by atoms with Crippen molar-refractivity contribution in [2.24, 2.45) is 0 Å². The summed E-state index contributed by atoms with van der Waals surface area (Å²) >= 11 is 1.43. The van der Waals surface area contributed by atoms with Crippen molar-refractivity contribution in [1.29, 1.82) is 0 Å². The summed E-state index contributed by atoms with van der Waals surface area (Å²) in [7, 11) is 0. The number of urea groups is 1. The van der Waals surface area contributed by atoms with E-state index >= 15 is 0 Å². The number of aliphatic carboxylic acids is 1. The van der Waals surface area contributed by atoms with Gasteiger partial charge in [0.15, 0.2) is 0 Å². The molecule has 10 heteroatoms. The summed E-state index contributed by atoms with van der Waals surface area (Å²) in [6.45, 7) is 1.40.